The number of likely N-dealkylation sites (N-methyl/N-ethyl adjacent to an activating group) is 2. The maximum absolute atomic E-state index is 12.5. The molecule has 0 aliphatic rings. The van der Waals surface area contributed by atoms with Gasteiger partial charge in [-0.15, -0.1) is 0 Å². The normalized spacial score (nSPS) is 12.7. The van der Waals surface area contributed by atoms with E-state index >= 15 is 0 Å². The number of sulfonamides is 1. The van der Waals surface area contributed by atoms with E-state index in [0.29, 0.717) is 13.1 Å². The van der Waals surface area contributed by atoms with E-state index in [0.717, 1.165) is 5.56 Å². The van der Waals surface area contributed by atoms with Crippen LogP contribution in [0.25, 0.3) is 0 Å². The van der Waals surface area contributed by atoms with Gasteiger partial charge in [-0.1, -0.05) is 26.0 Å². The predicted octanol–water partition coefficient (Wildman–Crippen LogP) is 0.914. The standard InChI is InChI=1S/C19H32N4O4S/c1-7-23(8-2)28(26,27)17-11-9-16(10-12-17)15(3)20-13-18(24)22(6)14-19(25)21(4)5/h9-12,15,20H,7-8,13-14H2,1-6H3/t15-/m1/s1. The molecule has 2 amide bonds. The molecule has 0 bridgehead atoms. The Morgan fingerprint density at radius 1 is 1.00 bits per heavy atom. The fraction of sp³-hybridized carbons (Fsp3) is 0.579. The maximum atomic E-state index is 12.5. The van der Waals surface area contributed by atoms with Crippen LogP contribution in [0.5, 0.6) is 0 Å². The van der Waals surface area contributed by atoms with Gasteiger partial charge in [0.1, 0.15) is 0 Å². The lowest BCUT2D eigenvalue weighted by atomic mass is 10.1. The highest BCUT2D eigenvalue weighted by atomic mass is 32.2. The molecule has 28 heavy (non-hydrogen) atoms. The summed E-state index contributed by atoms with van der Waals surface area (Å²) >= 11 is 0. The van der Waals surface area contributed by atoms with Crippen LogP contribution in [0.4, 0.5) is 0 Å². The van der Waals surface area contributed by atoms with E-state index in [1.54, 1.807) is 45.4 Å². The maximum Gasteiger partial charge on any atom is 0.243 e. The number of carbonyl (C=O) groups is 2. The first-order valence-electron chi connectivity index (χ1n) is 9.32. The topological polar surface area (TPSA) is 90.0 Å². The molecular weight excluding hydrogens is 380 g/mol. The predicted molar refractivity (Wildman–Crippen MR) is 109 cm³/mol. The lowest BCUT2D eigenvalue weighted by Crippen LogP contribution is -2.42. The van der Waals surface area contributed by atoms with Crippen LogP contribution in [-0.2, 0) is 19.6 Å². The average molecular weight is 413 g/mol. The molecule has 158 valence electrons. The second-order valence-corrected chi connectivity index (χ2v) is 8.74. The minimum Gasteiger partial charge on any atom is -0.347 e. The van der Waals surface area contributed by atoms with Gasteiger partial charge in [-0.2, -0.15) is 4.31 Å². The lowest BCUT2D eigenvalue weighted by molar-refractivity contribution is -0.137. The summed E-state index contributed by atoms with van der Waals surface area (Å²) in [5.74, 6) is -0.336. The quantitative estimate of drug-likeness (QED) is 0.617. The Labute approximate surface area is 168 Å². The van der Waals surface area contributed by atoms with Crippen LogP contribution in [0.2, 0.25) is 0 Å². The van der Waals surface area contributed by atoms with Gasteiger partial charge in [-0.3, -0.25) is 9.59 Å². The van der Waals surface area contributed by atoms with E-state index in [1.165, 1.54) is 14.1 Å². The highest BCUT2D eigenvalue weighted by molar-refractivity contribution is 7.89. The van der Waals surface area contributed by atoms with Gasteiger partial charge in [0, 0.05) is 40.3 Å². The van der Waals surface area contributed by atoms with Gasteiger partial charge < -0.3 is 15.1 Å². The molecule has 0 unspecified atom stereocenters. The molecular formula is C19H32N4O4S. The SMILES string of the molecule is CCN(CC)S(=O)(=O)c1ccc([C@@H](C)NCC(=O)N(C)CC(=O)N(C)C)cc1. The van der Waals surface area contributed by atoms with Crippen LogP contribution in [0.1, 0.15) is 32.4 Å². The van der Waals surface area contributed by atoms with Crippen molar-refractivity contribution >= 4 is 21.8 Å². The molecule has 0 heterocycles. The molecule has 0 saturated heterocycles. The van der Waals surface area contributed by atoms with Crippen molar-refractivity contribution in [3.63, 3.8) is 0 Å². The number of rotatable bonds is 10. The van der Waals surface area contributed by atoms with Crippen molar-refractivity contribution in [2.75, 3.05) is 47.3 Å². The Kier molecular flexibility index (Phi) is 9.06. The first-order valence-corrected chi connectivity index (χ1v) is 10.8. The molecule has 0 radical (unpaired) electrons. The number of carbonyl (C=O) groups excluding carboxylic acids is 2. The summed E-state index contributed by atoms with van der Waals surface area (Å²) in [6.45, 7) is 6.46. The Hall–Kier alpha value is -1.97. The summed E-state index contributed by atoms with van der Waals surface area (Å²) in [7, 11) is 1.39. The number of hydrogen-bond acceptors (Lipinski definition) is 5. The van der Waals surface area contributed by atoms with E-state index in [2.05, 4.69) is 5.32 Å². The molecule has 1 aromatic rings. The van der Waals surface area contributed by atoms with E-state index < -0.39 is 10.0 Å². The van der Waals surface area contributed by atoms with Crippen molar-refractivity contribution in [3.8, 4) is 0 Å². The van der Waals surface area contributed by atoms with Gasteiger partial charge >= 0.3 is 0 Å². The molecule has 1 atom stereocenters. The van der Waals surface area contributed by atoms with E-state index in [1.807, 2.05) is 20.8 Å². The number of nitrogens with one attached hydrogen (secondary N) is 1. The zero-order valence-corrected chi connectivity index (χ0v) is 18.4. The Bertz CT molecular complexity index is 759. The van der Waals surface area contributed by atoms with Crippen LogP contribution in [0.15, 0.2) is 29.2 Å². The van der Waals surface area contributed by atoms with Crippen molar-refractivity contribution in [2.45, 2.75) is 31.7 Å². The molecule has 1 rings (SSSR count). The summed E-state index contributed by atoms with van der Waals surface area (Å²) in [5, 5.41) is 3.11. The zero-order valence-electron chi connectivity index (χ0n) is 17.6. The highest BCUT2D eigenvalue weighted by Gasteiger charge is 2.21. The Morgan fingerprint density at radius 3 is 2.00 bits per heavy atom. The van der Waals surface area contributed by atoms with Gasteiger partial charge in [0.15, 0.2) is 0 Å². The summed E-state index contributed by atoms with van der Waals surface area (Å²) in [4.78, 5) is 26.9. The van der Waals surface area contributed by atoms with Crippen molar-refractivity contribution < 1.29 is 18.0 Å². The van der Waals surface area contributed by atoms with Gasteiger partial charge in [-0.25, -0.2) is 8.42 Å². The summed E-state index contributed by atoms with van der Waals surface area (Å²) in [6, 6.07) is 6.53. The minimum atomic E-state index is -3.48. The van der Waals surface area contributed by atoms with Gasteiger partial charge in [0.2, 0.25) is 21.8 Å². The number of nitrogens with zero attached hydrogens (tertiary/aromatic N) is 3. The van der Waals surface area contributed by atoms with Crippen molar-refractivity contribution in [3.05, 3.63) is 29.8 Å². The third-order valence-electron chi connectivity index (χ3n) is 4.58. The molecule has 0 aromatic heterocycles. The molecule has 1 aromatic carbocycles. The van der Waals surface area contributed by atoms with Crippen LogP contribution in [0.3, 0.4) is 0 Å². The largest absolute Gasteiger partial charge is 0.347 e. The van der Waals surface area contributed by atoms with E-state index in [-0.39, 0.29) is 35.8 Å². The fourth-order valence-corrected chi connectivity index (χ4v) is 4.02. The number of amides is 2. The van der Waals surface area contributed by atoms with Gasteiger partial charge in [0.25, 0.3) is 0 Å². The third kappa shape index (κ3) is 6.29. The Balaban J connectivity index is 2.70. The average Bonchev–Trinajstić information content (AvgIpc) is 2.66. The van der Waals surface area contributed by atoms with Crippen molar-refractivity contribution in [2.24, 2.45) is 0 Å². The molecule has 0 aliphatic carbocycles. The first-order chi connectivity index (χ1) is 13.0. The van der Waals surface area contributed by atoms with Crippen LogP contribution < -0.4 is 5.32 Å². The Morgan fingerprint density at radius 2 is 1.54 bits per heavy atom. The monoisotopic (exact) mass is 412 g/mol. The number of hydrogen-bond donors (Lipinski definition) is 1. The van der Waals surface area contributed by atoms with Gasteiger partial charge in [-0.05, 0) is 24.6 Å². The molecule has 0 spiro atoms. The summed E-state index contributed by atoms with van der Waals surface area (Å²) in [5.41, 5.74) is 0.873. The second-order valence-electron chi connectivity index (χ2n) is 6.80. The zero-order chi connectivity index (χ0) is 21.5. The highest BCUT2D eigenvalue weighted by Crippen LogP contribution is 2.19. The van der Waals surface area contributed by atoms with Crippen molar-refractivity contribution in [1.29, 1.82) is 0 Å². The minimum absolute atomic E-state index is 0.0276. The first kappa shape index (κ1) is 24.1. The van der Waals surface area contributed by atoms with Crippen LogP contribution >= 0.6 is 0 Å². The summed E-state index contributed by atoms with van der Waals surface area (Å²) < 4.78 is 26.5. The molecule has 9 heteroatoms. The number of benzene rings is 1. The van der Waals surface area contributed by atoms with Gasteiger partial charge in [0.05, 0.1) is 18.0 Å². The third-order valence-corrected chi connectivity index (χ3v) is 6.64. The second kappa shape index (κ2) is 10.5. The molecule has 1 N–H and O–H groups in total. The van der Waals surface area contributed by atoms with E-state index in [9.17, 15) is 18.0 Å². The molecule has 0 saturated carbocycles. The lowest BCUT2D eigenvalue weighted by Gasteiger charge is -2.21. The molecule has 0 fully saturated rings. The van der Waals surface area contributed by atoms with Crippen LogP contribution in [-0.4, -0.2) is 81.7 Å². The summed E-state index contributed by atoms with van der Waals surface area (Å²) in [6.07, 6.45) is 0. The van der Waals surface area contributed by atoms with Crippen LogP contribution in [0, 0.1) is 0 Å². The van der Waals surface area contributed by atoms with E-state index in [4.69, 9.17) is 0 Å². The smallest absolute Gasteiger partial charge is 0.243 e. The molecule has 8 nitrogen and oxygen atoms in total. The molecule has 0 aliphatic heterocycles. The van der Waals surface area contributed by atoms with Crippen molar-refractivity contribution in [1.82, 2.24) is 19.4 Å². The fourth-order valence-electron chi connectivity index (χ4n) is 2.57.